The normalized spacial score (nSPS) is 20.0. The van der Waals surface area contributed by atoms with Gasteiger partial charge in [-0.05, 0) is 28.3 Å². The van der Waals surface area contributed by atoms with E-state index in [9.17, 15) is 14.7 Å². The van der Waals surface area contributed by atoms with Crippen LogP contribution < -0.4 is 10.6 Å². The zero-order chi connectivity index (χ0) is 32.3. The molecule has 4 aromatic rings. The number of thioether (sulfide) groups is 1. The number of methoxy groups -OCH3 is 1. The number of urea groups is 1. The topological polar surface area (TPSA) is 132 Å². The van der Waals surface area contributed by atoms with Crippen molar-refractivity contribution < 1.29 is 28.9 Å². The molecule has 0 aliphatic carbocycles. The summed E-state index contributed by atoms with van der Waals surface area (Å²) in [7, 11) is 1.30. The number of carbonyl (C=O) groups excluding carboxylic acids is 2. The van der Waals surface area contributed by atoms with Crippen LogP contribution in [0.5, 0.6) is 0 Å². The summed E-state index contributed by atoms with van der Waals surface area (Å²) in [5, 5.41) is 15.7. The third-order valence-corrected chi connectivity index (χ3v) is 8.79. The van der Waals surface area contributed by atoms with Crippen LogP contribution >= 0.6 is 11.8 Å². The number of hydrogen-bond acceptors (Lipinski definition) is 9. The third kappa shape index (κ3) is 8.91. The predicted molar refractivity (Wildman–Crippen MR) is 173 cm³/mol. The van der Waals surface area contributed by atoms with Crippen LogP contribution in [0.2, 0.25) is 0 Å². The minimum Gasteiger partial charge on any atom is -0.467 e. The van der Waals surface area contributed by atoms with Crippen LogP contribution in [0.4, 0.5) is 4.79 Å². The van der Waals surface area contributed by atoms with Crippen LogP contribution in [0, 0.1) is 5.92 Å². The van der Waals surface area contributed by atoms with Gasteiger partial charge in [0.25, 0.3) is 0 Å². The minimum atomic E-state index is -0.815. The average molecular weight is 643 g/mol. The largest absolute Gasteiger partial charge is 0.467 e. The third-order valence-electron chi connectivity index (χ3n) is 7.82. The number of nitrogens with zero attached hydrogens (tertiary/aromatic N) is 2. The highest BCUT2D eigenvalue weighted by atomic mass is 32.2. The van der Waals surface area contributed by atoms with E-state index in [4.69, 9.17) is 14.2 Å². The predicted octanol–water partition coefficient (Wildman–Crippen LogP) is 5.14. The van der Waals surface area contributed by atoms with Crippen LogP contribution in [0.1, 0.15) is 47.1 Å². The number of carbonyl (C=O) groups is 2. The Morgan fingerprint density at radius 2 is 1.57 bits per heavy atom. The van der Waals surface area contributed by atoms with Gasteiger partial charge in [-0.15, -0.1) is 0 Å². The molecule has 0 radical (unpaired) electrons. The SMILES string of the molecule is COC(=O)[C@H](Cc1ccccc1)NC(=O)NCc1ccc([C@H]2O[C@@H](CSc3ncccn3)[C@@H](C)[C@@H](c3ccc(CO)cc3)O2)cc1. The molecular weight excluding hydrogens is 604 g/mol. The van der Waals surface area contributed by atoms with Crippen molar-refractivity contribution >= 4 is 23.8 Å². The smallest absolute Gasteiger partial charge is 0.328 e. The molecule has 240 valence electrons. The van der Waals surface area contributed by atoms with E-state index in [1.807, 2.05) is 78.9 Å². The molecule has 11 heteroatoms. The highest BCUT2D eigenvalue weighted by Crippen LogP contribution is 2.42. The quantitative estimate of drug-likeness (QED) is 0.109. The Kier molecular flexibility index (Phi) is 11.7. The highest BCUT2D eigenvalue weighted by Gasteiger charge is 2.38. The van der Waals surface area contributed by atoms with Crippen molar-refractivity contribution in [3.8, 4) is 0 Å². The van der Waals surface area contributed by atoms with E-state index < -0.39 is 24.3 Å². The highest BCUT2D eigenvalue weighted by molar-refractivity contribution is 7.99. The number of esters is 1. The van der Waals surface area contributed by atoms with E-state index in [-0.39, 0.29) is 31.3 Å². The van der Waals surface area contributed by atoms with Crippen molar-refractivity contribution in [2.75, 3.05) is 12.9 Å². The van der Waals surface area contributed by atoms with Gasteiger partial charge in [0.05, 0.1) is 25.9 Å². The van der Waals surface area contributed by atoms with Crippen molar-refractivity contribution in [1.29, 1.82) is 0 Å². The Balaban J connectivity index is 1.23. The van der Waals surface area contributed by atoms with E-state index >= 15 is 0 Å². The zero-order valence-corrected chi connectivity index (χ0v) is 26.6. The molecule has 2 heterocycles. The Hall–Kier alpha value is -4.29. The van der Waals surface area contributed by atoms with Crippen LogP contribution in [0.3, 0.4) is 0 Å². The standard InChI is InChI=1S/C35H38N4O6S/c1-23-30(22-46-35-36-17-6-18-37-35)44-33(45-31(23)27-13-11-26(21-40)12-14-27)28-15-9-25(10-16-28)20-38-34(42)39-29(32(41)43-2)19-24-7-4-3-5-8-24/h3-18,23,29-31,33,40H,19-22H2,1-2H3,(H2,38,39,42)/t23-,29+,30+,31+,33+/m1/s1. The molecule has 5 rings (SSSR count). The molecule has 1 fully saturated rings. The molecular formula is C35H38N4O6S. The number of aliphatic hydroxyl groups excluding tert-OH is 1. The lowest BCUT2D eigenvalue weighted by Gasteiger charge is -2.41. The Morgan fingerprint density at radius 1 is 0.891 bits per heavy atom. The summed E-state index contributed by atoms with van der Waals surface area (Å²) in [5.74, 6) is 0.162. The number of aromatic nitrogens is 2. The number of hydrogen-bond donors (Lipinski definition) is 3. The van der Waals surface area contributed by atoms with Crippen LogP contribution in [-0.4, -0.2) is 52.1 Å². The van der Waals surface area contributed by atoms with E-state index in [1.54, 1.807) is 18.5 Å². The van der Waals surface area contributed by atoms with Gasteiger partial charge in [0.15, 0.2) is 11.4 Å². The molecule has 3 N–H and O–H groups in total. The number of benzene rings is 3. The lowest BCUT2D eigenvalue weighted by Crippen LogP contribution is -2.47. The zero-order valence-electron chi connectivity index (χ0n) is 25.7. The molecule has 0 bridgehead atoms. The molecule has 1 aliphatic heterocycles. The summed E-state index contributed by atoms with van der Waals surface area (Å²) in [5.41, 5.74) is 4.47. The van der Waals surface area contributed by atoms with Crippen LogP contribution in [0.15, 0.2) is 102 Å². The first kappa shape index (κ1) is 33.1. The summed E-state index contributed by atoms with van der Waals surface area (Å²) in [6, 6.07) is 25.4. The molecule has 5 atom stereocenters. The molecule has 0 spiro atoms. The lowest BCUT2D eigenvalue weighted by molar-refractivity contribution is -0.268. The van der Waals surface area contributed by atoms with E-state index in [0.717, 1.165) is 27.8 Å². The second-order valence-corrected chi connectivity index (χ2v) is 12.0. The first-order chi connectivity index (χ1) is 22.4. The average Bonchev–Trinajstić information content (AvgIpc) is 3.11. The van der Waals surface area contributed by atoms with Gasteiger partial charge < -0.3 is 30.0 Å². The maximum absolute atomic E-state index is 12.7. The van der Waals surface area contributed by atoms with Gasteiger partial charge in [0.1, 0.15) is 6.04 Å². The maximum Gasteiger partial charge on any atom is 0.328 e. The Bertz CT molecular complexity index is 1540. The van der Waals surface area contributed by atoms with Gasteiger partial charge in [-0.2, -0.15) is 0 Å². The van der Waals surface area contributed by atoms with Gasteiger partial charge in [-0.3, -0.25) is 0 Å². The number of aliphatic hydroxyl groups is 1. The van der Waals surface area contributed by atoms with E-state index in [2.05, 4.69) is 27.5 Å². The molecule has 10 nitrogen and oxygen atoms in total. The van der Waals surface area contributed by atoms with Crippen LogP contribution in [-0.2, 0) is 38.6 Å². The molecule has 1 saturated heterocycles. The molecule has 3 aromatic carbocycles. The number of amides is 2. The molecule has 1 aromatic heterocycles. The number of nitrogens with one attached hydrogen (secondary N) is 2. The van der Waals surface area contributed by atoms with Crippen molar-refractivity contribution in [3.63, 3.8) is 0 Å². The van der Waals surface area contributed by atoms with Gasteiger partial charge >= 0.3 is 12.0 Å². The monoisotopic (exact) mass is 642 g/mol. The maximum atomic E-state index is 12.7. The fraction of sp³-hybridized carbons (Fsp3) is 0.314. The molecule has 0 unspecified atom stereocenters. The fourth-order valence-electron chi connectivity index (χ4n) is 5.20. The molecule has 0 saturated carbocycles. The van der Waals surface area contributed by atoms with Crippen molar-refractivity contribution in [1.82, 2.24) is 20.6 Å². The fourth-order valence-corrected chi connectivity index (χ4v) is 6.16. The molecule has 46 heavy (non-hydrogen) atoms. The number of ether oxygens (including phenoxy) is 3. The van der Waals surface area contributed by atoms with E-state index in [1.165, 1.54) is 18.9 Å². The summed E-state index contributed by atoms with van der Waals surface area (Å²) < 4.78 is 17.9. The van der Waals surface area contributed by atoms with Gasteiger partial charge in [0, 0.05) is 42.6 Å². The van der Waals surface area contributed by atoms with Gasteiger partial charge in [0.2, 0.25) is 0 Å². The van der Waals surface area contributed by atoms with Gasteiger partial charge in [-0.1, -0.05) is 97.5 Å². The van der Waals surface area contributed by atoms with Crippen LogP contribution in [0.25, 0.3) is 0 Å². The minimum absolute atomic E-state index is 0.0220. The van der Waals surface area contributed by atoms with Crippen molar-refractivity contribution in [2.45, 2.75) is 56.2 Å². The Labute approximate surface area is 272 Å². The van der Waals surface area contributed by atoms with Crippen molar-refractivity contribution in [2.24, 2.45) is 5.92 Å². The first-order valence-corrected chi connectivity index (χ1v) is 16.1. The summed E-state index contributed by atoms with van der Waals surface area (Å²) in [6.45, 7) is 2.35. The lowest BCUT2D eigenvalue weighted by atomic mass is 9.91. The summed E-state index contributed by atoms with van der Waals surface area (Å²) in [6.07, 6.45) is 2.75. The number of rotatable bonds is 12. The summed E-state index contributed by atoms with van der Waals surface area (Å²) >= 11 is 1.54. The molecule has 2 amide bonds. The van der Waals surface area contributed by atoms with Crippen molar-refractivity contribution in [3.05, 3.63) is 125 Å². The van der Waals surface area contributed by atoms with Gasteiger partial charge in [-0.25, -0.2) is 19.6 Å². The molecule has 1 aliphatic rings. The second-order valence-electron chi connectivity index (χ2n) is 11.0. The summed E-state index contributed by atoms with van der Waals surface area (Å²) in [4.78, 5) is 33.7. The first-order valence-electron chi connectivity index (χ1n) is 15.1. The Morgan fingerprint density at radius 3 is 2.24 bits per heavy atom. The van der Waals surface area contributed by atoms with E-state index in [0.29, 0.717) is 17.3 Å². The second kappa shape index (κ2) is 16.3.